The first kappa shape index (κ1) is 16.2. The van der Waals surface area contributed by atoms with E-state index in [0.717, 1.165) is 17.7 Å². The molecule has 0 aliphatic heterocycles. The van der Waals surface area contributed by atoms with Crippen molar-refractivity contribution in [3.63, 3.8) is 0 Å². The second kappa shape index (κ2) is 6.45. The van der Waals surface area contributed by atoms with Gasteiger partial charge in [-0.2, -0.15) is 0 Å². The van der Waals surface area contributed by atoms with Gasteiger partial charge in [0.2, 0.25) is 0 Å². The zero-order valence-corrected chi connectivity index (χ0v) is 14.6. The quantitative estimate of drug-likeness (QED) is 0.805. The van der Waals surface area contributed by atoms with E-state index in [1.54, 1.807) is 35.6 Å². The number of thiophene rings is 1. The molecule has 122 valence electrons. The van der Waals surface area contributed by atoms with Crippen molar-refractivity contribution in [2.24, 2.45) is 0 Å². The van der Waals surface area contributed by atoms with E-state index in [4.69, 9.17) is 0 Å². The first-order chi connectivity index (χ1) is 10.9. The Morgan fingerprint density at radius 2 is 2.04 bits per heavy atom. The van der Waals surface area contributed by atoms with Crippen molar-refractivity contribution < 1.29 is 13.2 Å². The number of hydrogen-bond acceptors (Lipinski definition) is 4. The molecule has 0 bridgehead atoms. The summed E-state index contributed by atoms with van der Waals surface area (Å²) in [4.78, 5) is 15.9. The monoisotopic (exact) mass is 349 g/mol. The molecule has 1 aromatic heterocycles. The van der Waals surface area contributed by atoms with E-state index in [-0.39, 0.29) is 11.7 Å². The van der Waals surface area contributed by atoms with Crippen LogP contribution in [0.1, 0.15) is 33.6 Å². The van der Waals surface area contributed by atoms with Crippen LogP contribution in [-0.4, -0.2) is 31.5 Å². The van der Waals surface area contributed by atoms with Crippen LogP contribution in [0.5, 0.6) is 0 Å². The zero-order chi connectivity index (χ0) is 16.4. The average molecular weight is 349 g/mol. The molecule has 0 saturated heterocycles. The van der Waals surface area contributed by atoms with Crippen LogP contribution in [0.2, 0.25) is 0 Å². The molecule has 1 saturated carbocycles. The normalized spacial score (nSPS) is 14.7. The van der Waals surface area contributed by atoms with Gasteiger partial charge in [0.05, 0.1) is 12.3 Å². The molecule has 1 aliphatic carbocycles. The zero-order valence-electron chi connectivity index (χ0n) is 12.9. The maximum absolute atomic E-state index is 12.9. The van der Waals surface area contributed by atoms with Crippen molar-refractivity contribution in [1.29, 1.82) is 0 Å². The molecule has 0 radical (unpaired) electrons. The van der Waals surface area contributed by atoms with Gasteiger partial charge in [0, 0.05) is 22.7 Å². The predicted molar refractivity (Wildman–Crippen MR) is 92.2 cm³/mol. The maximum atomic E-state index is 12.9. The molecule has 2 aromatic rings. The number of carbonyl (C=O) groups excluding carboxylic acids is 1. The van der Waals surface area contributed by atoms with E-state index in [0.29, 0.717) is 23.7 Å². The van der Waals surface area contributed by atoms with Gasteiger partial charge in [-0.3, -0.25) is 4.79 Å². The van der Waals surface area contributed by atoms with Crippen LogP contribution in [0.25, 0.3) is 0 Å². The molecule has 0 atom stereocenters. The van der Waals surface area contributed by atoms with Gasteiger partial charge in [-0.05, 0) is 42.0 Å². The van der Waals surface area contributed by atoms with Gasteiger partial charge in [0.1, 0.15) is 0 Å². The molecule has 1 fully saturated rings. The lowest BCUT2D eigenvalue weighted by Gasteiger charge is -2.22. The molecular formula is C17H19NO3S2. The van der Waals surface area contributed by atoms with Gasteiger partial charge in [0.15, 0.2) is 9.84 Å². The van der Waals surface area contributed by atoms with Crippen LogP contribution in [0.15, 0.2) is 41.8 Å². The highest BCUT2D eigenvalue weighted by Crippen LogP contribution is 2.30. The Labute approximate surface area is 140 Å². The molecule has 1 aliphatic rings. The SMILES string of the molecule is CS(=O)(=O)Cc1cccc(C(=O)N(Cc2cccs2)C2CC2)c1. The number of carbonyl (C=O) groups is 1. The van der Waals surface area contributed by atoms with E-state index in [1.165, 1.54) is 6.26 Å². The summed E-state index contributed by atoms with van der Waals surface area (Å²) >= 11 is 1.65. The lowest BCUT2D eigenvalue weighted by atomic mass is 10.1. The van der Waals surface area contributed by atoms with Crippen molar-refractivity contribution in [2.75, 3.05) is 6.26 Å². The third-order valence-electron chi connectivity index (χ3n) is 3.76. The molecule has 6 heteroatoms. The van der Waals surface area contributed by atoms with Crippen molar-refractivity contribution in [2.45, 2.75) is 31.2 Å². The smallest absolute Gasteiger partial charge is 0.254 e. The number of rotatable bonds is 6. The topological polar surface area (TPSA) is 54.5 Å². The standard InChI is InChI=1S/C17H19NO3S2/c1-23(20,21)12-13-4-2-5-14(10-13)17(19)18(15-7-8-15)11-16-6-3-9-22-16/h2-6,9-10,15H,7-8,11-12H2,1H3. The van der Waals surface area contributed by atoms with Crippen LogP contribution in [0.4, 0.5) is 0 Å². The van der Waals surface area contributed by atoms with Crippen molar-refractivity contribution >= 4 is 27.1 Å². The fraction of sp³-hybridized carbons (Fsp3) is 0.353. The minimum Gasteiger partial charge on any atom is -0.331 e. The Balaban J connectivity index is 1.81. The average Bonchev–Trinajstić information content (AvgIpc) is 3.19. The molecule has 1 aromatic carbocycles. The van der Waals surface area contributed by atoms with Crippen molar-refractivity contribution in [3.8, 4) is 0 Å². The van der Waals surface area contributed by atoms with Crippen molar-refractivity contribution in [1.82, 2.24) is 4.90 Å². The third-order valence-corrected chi connectivity index (χ3v) is 5.48. The van der Waals surface area contributed by atoms with E-state index >= 15 is 0 Å². The summed E-state index contributed by atoms with van der Waals surface area (Å²) in [6.07, 6.45) is 3.29. The summed E-state index contributed by atoms with van der Waals surface area (Å²) in [6, 6.07) is 11.3. The fourth-order valence-electron chi connectivity index (χ4n) is 2.59. The number of sulfone groups is 1. The van der Waals surface area contributed by atoms with Gasteiger partial charge in [-0.15, -0.1) is 11.3 Å². The van der Waals surface area contributed by atoms with Gasteiger partial charge in [0.25, 0.3) is 5.91 Å². The lowest BCUT2D eigenvalue weighted by Crippen LogP contribution is -2.32. The first-order valence-electron chi connectivity index (χ1n) is 7.52. The molecular weight excluding hydrogens is 330 g/mol. The highest BCUT2D eigenvalue weighted by molar-refractivity contribution is 7.89. The van der Waals surface area contributed by atoms with Crippen LogP contribution in [-0.2, 0) is 22.1 Å². The number of nitrogens with zero attached hydrogens (tertiary/aromatic N) is 1. The van der Waals surface area contributed by atoms with E-state index < -0.39 is 9.84 Å². The van der Waals surface area contributed by atoms with Gasteiger partial charge in [-0.25, -0.2) is 8.42 Å². The minimum atomic E-state index is -3.11. The third kappa shape index (κ3) is 4.42. The summed E-state index contributed by atoms with van der Waals surface area (Å²) in [5.74, 6) is -0.0566. The Morgan fingerprint density at radius 3 is 2.65 bits per heavy atom. The summed E-state index contributed by atoms with van der Waals surface area (Å²) in [5.41, 5.74) is 1.22. The highest BCUT2D eigenvalue weighted by atomic mass is 32.2. The second-order valence-corrected chi connectivity index (χ2v) is 9.19. The number of benzene rings is 1. The number of hydrogen-bond donors (Lipinski definition) is 0. The lowest BCUT2D eigenvalue weighted by molar-refractivity contribution is 0.0731. The molecule has 1 heterocycles. The maximum Gasteiger partial charge on any atom is 0.254 e. The Morgan fingerprint density at radius 1 is 1.26 bits per heavy atom. The van der Waals surface area contributed by atoms with Gasteiger partial charge >= 0.3 is 0 Å². The van der Waals surface area contributed by atoms with E-state index in [2.05, 4.69) is 0 Å². The van der Waals surface area contributed by atoms with Crippen LogP contribution in [0.3, 0.4) is 0 Å². The molecule has 0 N–H and O–H groups in total. The molecule has 4 nitrogen and oxygen atoms in total. The Bertz CT molecular complexity index is 793. The first-order valence-corrected chi connectivity index (χ1v) is 10.5. The summed E-state index contributed by atoms with van der Waals surface area (Å²) in [5, 5.41) is 2.01. The summed E-state index contributed by atoms with van der Waals surface area (Å²) in [7, 11) is -3.11. The minimum absolute atomic E-state index is 0.0174. The van der Waals surface area contributed by atoms with Crippen LogP contribution >= 0.6 is 11.3 Å². The summed E-state index contributed by atoms with van der Waals surface area (Å²) in [6.45, 7) is 0.622. The van der Waals surface area contributed by atoms with Crippen molar-refractivity contribution in [3.05, 3.63) is 57.8 Å². The molecule has 23 heavy (non-hydrogen) atoms. The van der Waals surface area contributed by atoms with Gasteiger partial charge in [-0.1, -0.05) is 18.2 Å². The largest absolute Gasteiger partial charge is 0.331 e. The van der Waals surface area contributed by atoms with Crippen LogP contribution in [0, 0.1) is 0 Å². The van der Waals surface area contributed by atoms with Gasteiger partial charge < -0.3 is 4.90 Å². The highest BCUT2D eigenvalue weighted by Gasteiger charge is 2.33. The Hall–Kier alpha value is -1.66. The second-order valence-electron chi connectivity index (χ2n) is 6.01. The molecule has 3 rings (SSSR count). The fourth-order valence-corrected chi connectivity index (χ4v) is 4.07. The molecule has 1 amide bonds. The predicted octanol–water partition coefficient (Wildman–Crippen LogP) is 3.10. The van der Waals surface area contributed by atoms with Crippen LogP contribution < -0.4 is 0 Å². The Kier molecular flexibility index (Phi) is 4.55. The summed E-state index contributed by atoms with van der Waals surface area (Å²) < 4.78 is 22.9. The van der Waals surface area contributed by atoms with E-state index in [1.807, 2.05) is 22.4 Å². The molecule has 0 spiro atoms. The molecule has 0 unspecified atom stereocenters. The van der Waals surface area contributed by atoms with E-state index in [9.17, 15) is 13.2 Å². The number of amides is 1.